The van der Waals surface area contributed by atoms with Crippen LogP contribution in [0, 0.1) is 0 Å². The standard InChI is InChI=1S/C6H12O4/c1-3-6(8,9)5(7)10-4-2/h8-9H,3-4H2,1-2H3. The zero-order valence-electron chi connectivity index (χ0n) is 6.13. The monoisotopic (exact) mass is 148 g/mol. The molecule has 60 valence electrons. The summed E-state index contributed by atoms with van der Waals surface area (Å²) >= 11 is 0. The smallest absolute Gasteiger partial charge is 0.366 e. The van der Waals surface area contributed by atoms with Crippen LogP contribution in [0.2, 0.25) is 0 Å². The topological polar surface area (TPSA) is 66.8 Å². The lowest BCUT2D eigenvalue weighted by Crippen LogP contribution is -2.39. The van der Waals surface area contributed by atoms with E-state index in [2.05, 4.69) is 4.74 Å². The van der Waals surface area contributed by atoms with Crippen molar-refractivity contribution in [3.05, 3.63) is 0 Å². The lowest BCUT2D eigenvalue weighted by atomic mass is 10.2. The highest BCUT2D eigenvalue weighted by molar-refractivity contribution is 5.76. The van der Waals surface area contributed by atoms with Crippen LogP contribution in [0.3, 0.4) is 0 Å². The van der Waals surface area contributed by atoms with Gasteiger partial charge in [-0.3, -0.25) is 0 Å². The van der Waals surface area contributed by atoms with E-state index in [9.17, 15) is 4.79 Å². The minimum atomic E-state index is -2.31. The summed E-state index contributed by atoms with van der Waals surface area (Å²) < 4.78 is 4.36. The predicted molar refractivity (Wildman–Crippen MR) is 34.1 cm³/mol. The highest BCUT2D eigenvalue weighted by atomic mass is 16.6. The van der Waals surface area contributed by atoms with Gasteiger partial charge in [-0.25, -0.2) is 4.79 Å². The van der Waals surface area contributed by atoms with Crippen LogP contribution < -0.4 is 0 Å². The molecule has 0 bridgehead atoms. The van der Waals surface area contributed by atoms with Crippen molar-refractivity contribution in [2.24, 2.45) is 0 Å². The van der Waals surface area contributed by atoms with Crippen molar-refractivity contribution in [2.75, 3.05) is 6.61 Å². The number of ether oxygens (including phenoxy) is 1. The van der Waals surface area contributed by atoms with E-state index in [1.165, 1.54) is 6.92 Å². The Balaban J connectivity index is 3.91. The molecule has 10 heavy (non-hydrogen) atoms. The molecule has 0 saturated heterocycles. The molecule has 0 radical (unpaired) electrons. The van der Waals surface area contributed by atoms with Gasteiger partial charge in [0.05, 0.1) is 6.61 Å². The van der Waals surface area contributed by atoms with Crippen molar-refractivity contribution in [3.8, 4) is 0 Å². The van der Waals surface area contributed by atoms with Gasteiger partial charge in [-0.2, -0.15) is 0 Å². The van der Waals surface area contributed by atoms with Gasteiger partial charge < -0.3 is 14.9 Å². The summed E-state index contributed by atoms with van der Waals surface area (Å²) in [4.78, 5) is 10.6. The molecule has 0 heterocycles. The maximum Gasteiger partial charge on any atom is 0.366 e. The molecule has 0 fully saturated rings. The predicted octanol–water partition coefficient (Wildman–Crippen LogP) is -0.360. The minimum absolute atomic E-state index is 0.0637. The quantitative estimate of drug-likeness (QED) is 0.423. The molecule has 2 N–H and O–H groups in total. The molecular weight excluding hydrogens is 136 g/mol. The van der Waals surface area contributed by atoms with Crippen LogP contribution in [-0.4, -0.2) is 28.6 Å². The molecule has 0 aromatic carbocycles. The Labute approximate surface area is 59.4 Å². The Hall–Kier alpha value is -0.610. The van der Waals surface area contributed by atoms with Gasteiger partial charge in [0.25, 0.3) is 5.79 Å². The summed E-state index contributed by atoms with van der Waals surface area (Å²) in [5.74, 6) is -3.30. The Morgan fingerprint density at radius 2 is 2.00 bits per heavy atom. The second-order valence-electron chi connectivity index (χ2n) is 1.89. The molecule has 0 aromatic rings. The van der Waals surface area contributed by atoms with Gasteiger partial charge in [0.15, 0.2) is 0 Å². The van der Waals surface area contributed by atoms with Crippen LogP contribution in [-0.2, 0) is 9.53 Å². The zero-order chi connectivity index (χ0) is 8.20. The molecule has 0 saturated carbocycles. The van der Waals surface area contributed by atoms with Gasteiger partial charge in [-0.1, -0.05) is 6.92 Å². The van der Waals surface area contributed by atoms with Crippen LogP contribution in [0.25, 0.3) is 0 Å². The van der Waals surface area contributed by atoms with E-state index in [1.54, 1.807) is 6.92 Å². The van der Waals surface area contributed by atoms with E-state index >= 15 is 0 Å². The number of rotatable bonds is 3. The molecule has 0 aromatic heterocycles. The van der Waals surface area contributed by atoms with E-state index in [4.69, 9.17) is 10.2 Å². The van der Waals surface area contributed by atoms with Gasteiger partial charge in [0, 0.05) is 6.42 Å². The fourth-order valence-electron chi connectivity index (χ4n) is 0.391. The van der Waals surface area contributed by atoms with E-state index in [-0.39, 0.29) is 13.0 Å². The lowest BCUT2D eigenvalue weighted by Gasteiger charge is -2.16. The van der Waals surface area contributed by atoms with Gasteiger partial charge >= 0.3 is 5.97 Å². The summed E-state index contributed by atoms with van der Waals surface area (Å²) in [6, 6.07) is 0. The van der Waals surface area contributed by atoms with Crippen molar-refractivity contribution in [1.82, 2.24) is 0 Å². The average Bonchev–Trinajstić information content (AvgIpc) is 1.89. The third kappa shape index (κ3) is 2.33. The highest BCUT2D eigenvalue weighted by Gasteiger charge is 2.32. The third-order valence-corrected chi connectivity index (χ3v) is 1.10. The first kappa shape index (κ1) is 9.39. The van der Waals surface area contributed by atoms with Crippen molar-refractivity contribution in [2.45, 2.75) is 26.1 Å². The molecule has 0 aliphatic heterocycles. The maximum atomic E-state index is 10.6. The second-order valence-corrected chi connectivity index (χ2v) is 1.89. The Morgan fingerprint density at radius 3 is 2.30 bits per heavy atom. The largest absolute Gasteiger partial charge is 0.462 e. The van der Waals surface area contributed by atoms with Gasteiger partial charge in [-0.05, 0) is 6.92 Å². The molecule has 0 rings (SSSR count). The first-order valence-electron chi connectivity index (χ1n) is 3.16. The summed E-state index contributed by atoms with van der Waals surface area (Å²) in [5.41, 5.74) is 0. The zero-order valence-corrected chi connectivity index (χ0v) is 6.13. The lowest BCUT2D eigenvalue weighted by molar-refractivity contribution is -0.209. The fraction of sp³-hybridized carbons (Fsp3) is 0.833. The first-order chi connectivity index (χ1) is 4.54. The highest BCUT2D eigenvalue weighted by Crippen LogP contribution is 2.06. The molecule has 0 aliphatic carbocycles. The van der Waals surface area contributed by atoms with Crippen molar-refractivity contribution in [3.63, 3.8) is 0 Å². The van der Waals surface area contributed by atoms with Gasteiger partial charge in [0.2, 0.25) is 0 Å². The molecule has 0 atom stereocenters. The molecule has 4 heteroatoms. The first-order valence-corrected chi connectivity index (χ1v) is 3.16. The van der Waals surface area contributed by atoms with Crippen molar-refractivity contribution >= 4 is 5.97 Å². The van der Waals surface area contributed by atoms with E-state index in [0.717, 1.165) is 0 Å². The number of carbonyl (C=O) groups excluding carboxylic acids is 1. The fourth-order valence-corrected chi connectivity index (χ4v) is 0.391. The van der Waals surface area contributed by atoms with Crippen LogP contribution in [0.15, 0.2) is 0 Å². The maximum absolute atomic E-state index is 10.6. The summed E-state index contributed by atoms with van der Waals surface area (Å²) in [5, 5.41) is 17.6. The van der Waals surface area contributed by atoms with E-state index in [0.29, 0.717) is 0 Å². The summed E-state index contributed by atoms with van der Waals surface area (Å²) in [7, 11) is 0. The Morgan fingerprint density at radius 1 is 1.50 bits per heavy atom. The average molecular weight is 148 g/mol. The van der Waals surface area contributed by atoms with Gasteiger partial charge in [-0.15, -0.1) is 0 Å². The summed E-state index contributed by atoms with van der Waals surface area (Å²) in [6.07, 6.45) is -0.0637. The number of hydrogen-bond acceptors (Lipinski definition) is 4. The number of aliphatic hydroxyl groups is 2. The second kappa shape index (κ2) is 3.53. The Bertz CT molecular complexity index is 119. The van der Waals surface area contributed by atoms with Crippen LogP contribution >= 0.6 is 0 Å². The molecule has 0 spiro atoms. The summed E-state index contributed by atoms with van der Waals surface area (Å²) in [6.45, 7) is 3.24. The minimum Gasteiger partial charge on any atom is -0.462 e. The van der Waals surface area contributed by atoms with Crippen molar-refractivity contribution < 1.29 is 19.7 Å². The third-order valence-electron chi connectivity index (χ3n) is 1.10. The molecular formula is C6H12O4. The van der Waals surface area contributed by atoms with Crippen LogP contribution in [0.1, 0.15) is 20.3 Å². The number of hydrogen-bond donors (Lipinski definition) is 2. The number of esters is 1. The molecule has 0 aliphatic rings. The SMILES string of the molecule is CCOC(=O)C(O)(O)CC. The Kier molecular flexibility index (Phi) is 3.32. The van der Waals surface area contributed by atoms with Gasteiger partial charge in [0.1, 0.15) is 0 Å². The van der Waals surface area contributed by atoms with E-state index < -0.39 is 11.8 Å². The normalized spacial score (nSPS) is 11.2. The molecule has 0 unspecified atom stereocenters. The number of carbonyl (C=O) groups is 1. The van der Waals surface area contributed by atoms with Crippen LogP contribution in [0.4, 0.5) is 0 Å². The van der Waals surface area contributed by atoms with E-state index in [1.807, 2.05) is 0 Å². The molecule has 0 amide bonds. The van der Waals surface area contributed by atoms with Crippen molar-refractivity contribution in [1.29, 1.82) is 0 Å². The molecule has 4 nitrogen and oxygen atoms in total. The van der Waals surface area contributed by atoms with Crippen LogP contribution in [0.5, 0.6) is 0 Å².